The lowest BCUT2D eigenvalue weighted by atomic mass is 9.85. The lowest BCUT2D eigenvalue weighted by Gasteiger charge is -2.34. The molecule has 0 aromatic heterocycles. The van der Waals surface area contributed by atoms with E-state index in [0.29, 0.717) is 5.92 Å². The Labute approximate surface area is 73.4 Å². The van der Waals surface area contributed by atoms with Crippen LogP contribution in [0.1, 0.15) is 33.6 Å². The van der Waals surface area contributed by atoms with Gasteiger partial charge in [0.05, 0.1) is 5.60 Å². The molecule has 2 unspecified atom stereocenters. The second-order valence-corrected chi connectivity index (χ2v) is 3.43. The van der Waals surface area contributed by atoms with Gasteiger partial charge >= 0.3 is 0 Å². The van der Waals surface area contributed by atoms with Crippen molar-refractivity contribution in [3.05, 3.63) is 12.7 Å². The van der Waals surface area contributed by atoms with Crippen LogP contribution in [-0.2, 0) is 4.43 Å². The van der Waals surface area contributed by atoms with E-state index in [4.69, 9.17) is 4.43 Å². The molecule has 2 heteroatoms. The maximum absolute atomic E-state index is 5.61. The van der Waals surface area contributed by atoms with Gasteiger partial charge in [0.1, 0.15) is 10.5 Å². The molecule has 0 radical (unpaired) electrons. The minimum atomic E-state index is -0.0407. The van der Waals surface area contributed by atoms with Gasteiger partial charge in [0.15, 0.2) is 0 Å². The van der Waals surface area contributed by atoms with Crippen LogP contribution in [0.2, 0.25) is 0 Å². The Bertz CT molecular complexity index is 119. The van der Waals surface area contributed by atoms with Gasteiger partial charge in [-0.2, -0.15) is 0 Å². The van der Waals surface area contributed by atoms with E-state index in [2.05, 4.69) is 27.4 Å². The molecule has 11 heavy (non-hydrogen) atoms. The summed E-state index contributed by atoms with van der Waals surface area (Å²) >= 11 is 0. The van der Waals surface area contributed by atoms with Crippen molar-refractivity contribution >= 4 is 10.5 Å². The molecule has 0 heterocycles. The van der Waals surface area contributed by atoms with Crippen LogP contribution in [0.15, 0.2) is 12.7 Å². The van der Waals surface area contributed by atoms with Gasteiger partial charge in [-0.25, -0.2) is 0 Å². The second-order valence-electron chi connectivity index (χ2n) is 3.03. The highest BCUT2D eigenvalue weighted by Gasteiger charge is 2.28. The molecule has 0 aromatic rings. The standard InChI is InChI=1S/C9H20OSi/c1-5-8(4)9(6-2,7-3)10-11/h6,8H,2,5,7H2,1,3-4,11H3. The highest BCUT2D eigenvalue weighted by atomic mass is 28.2. The molecule has 0 rings (SSSR count). The molecule has 66 valence electrons. The first-order valence-electron chi connectivity index (χ1n) is 4.35. The second kappa shape index (κ2) is 4.73. The van der Waals surface area contributed by atoms with Crippen LogP contribution >= 0.6 is 0 Å². The molecule has 0 saturated heterocycles. The SMILES string of the molecule is C=CC(CC)(O[SiH3])C(C)CC. The third kappa shape index (κ3) is 2.17. The van der Waals surface area contributed by atoms with E-state index in [1.165, 1.54) is 0 Å². The molecule has 0 fully saturated rings. The zero-order valence-corrected chi connectivity index (χ0v) is 10.2. The summed E-state index contributed by atoms with van der Waals surface area (Å²) < 4.78 is 5.61. The van der Waals surface area contributed by atoms with Gasteiger partial charge in [0.2, 0.25) is 0 Å². The normalized spacial score (nSPS) is 19.2. The van der Waals surface area contributed by atoms with E-state index >= 15 is 0 Å². The summed E-state index contributed by atoms with van der Waals surface area (Å²) in [7, 11) is 0.797. The number of hydrogen-bond acceptors (Lipinski definition) is 1. The summed E-state index contributed by atoms with van der Waals surface area (Å²) in [6.07, 6.45) is 4.16. The van der Waals surface area contributed by atoms with Crippen molar-refractivity contribution in [2.45, 2.75) is 39.2 Å². The zero-order chi connectivity index (χ0) is 8.91. The molecule has 0 saturated carbocycles. The Balaban J connectivity index is 4.38. The summed E-state index contributed by atoms with van der Waals surface area (Å²) in [5.74, 6) is 0.586. The summed E-state index contributed by atoms with van der Waals surface area (Å²) in [5, 5.41) is 0. The maximum atomic E-state index is 5.61. The van der Waals surface area contributed by atoms with E-state index in [-0.39, 0.29) is 5.60 Å². The average Bonchev–Trinajstić information content (AvgIpc) is 2.08. The Kier molecular flexibility index (Phi) is 4.69. The van der Waals surface area contributed by atoms with Gasteiger partial charge in [-0.1, -0.05) is 33.3 Å². The molecule has 2 atom stereocenters. The van der Waals surface area contributed by atoms with E-state index in [9.17, 15) is 0 Å². The van der Waals surface area contributed by atoms with Crippen LogP contribution in [-0.4, -0.2) is 16.1 Å². The minimum Gasteiger partial charge on any atom is -0.419 e. The van der Waals surface area contributed by atoms with E-state index in [1.54, 1.807) is 0 Å². The summed E-state index contributed by atoms with van der Waals surface area (Å²) in [4.78, 5) is 0. The first-order chi connectivity index (χ1) is 5.16. The lowest BCUT2D eigenvalue weighted by molar-refractivity contribution is 0.0670. The van der Waals surface area contributed by atoms with E-state index < -0.39 is 0 Å². The van der Waals surface area contributed by atoms with Crippen molar-refractivity contribution in [1.29, 1.82) is 0 Å². The van der Waals surface area contributed by atoms with Gasteiger partial charge in [0, 0.05) is 0 Å². The van der Waals surface area contributed by atoms with Crippen LogP contribution in [0.5, 0.6) is 0 Å². The van der Waals surface area contributed by atoms with Crippen molar-refractivity contribution < 1.29 is 4.43 Å². The third-order valence-electron chi connectivity index (χ3n) is 2.72. The maximum Gasteiger partial charge on any atom is 0.147 e. The molecule has 0 aliphatic rings. The van der Waals surface area contributed by atoms with Crippen LogP contribution in [0.4, 0.5) is 0 Å². The first kappa shape index (κ1) is 10.9. The quantitative estimate of drug-likeness (QED) is 0.453. The molecule has 0 aliphatic carbocycles. The van der Waals surface area contributed by atoms with Crippen molar-refractivity contribution in [3.8, 4) is 0 Å². The molecular formula is C9H20OSi. The molecule has 1 nitrogen and oxygen atoms in total. The number of rotatable bonds is 5. The average molecular weight is 172 g/mol. The van der Waals surface area contributed by atoms with Crippen LogP contribution in [0.3, 0.4) is 0 Å². The smallest absolute Gasteiger partial charge is 0.147 e. The fraction of sp³-hybridized carbons (Fsp3) is 0.778. The summed E-state index contributed by atoms with van der Waals surface area (Å²) in [6, 6.07) is 0. The Morgan fingerprint density at radius 2 is 2.18 bits per heavy atom. The topological polar surface area (TPSA) is 9.23 Å². The van der Waals surface area contributed by atoms with E-state index in [0.717, 1.165) is 23.3 Å². The first-order valence-corrected chi connectivity index (χ1v) is 5.17. The predicted octanol–water partition coefficient (Wildman–Crippen LogP) is 1.66. The van der Waals surface area contributed by atoms with Crippen molar-refractivity contribution in [3.63, 3.8) is 0 Å². The molecule has 0 spiro atoms. The highest BCUT2D eigenvalue weighted by molar-refractivity contribution is 5.98. The molecule has 0 aliphatic heterocycles. The summed E-state index contributed by atoms with van der Waals surface area (Å²) in [5.41, 5.74) is -0.0407. The van der Waals surface area contributed by atoms with Crippen LogP contribution in [0.25, 0.3) is 0 Å². The highest BCUT2D eigenvalue weighted by Crippen LogP contribution is 2.28. The Morgan fingerprint density at radius 3 is 2.27 bits per heavy atom. The Hall–Kier alpha value is -0.0831. The lowest BCUT2D eigenvalue weighted by Crippen LogP contribution is -2.35. The van der Waals surface area contributed by atoms with Crippen LogP contribution in [0, 0.1) is 5.92 Å². The van der Waals surface area contributed by atoms with Crippen molar-refractivity contribution in [1.82, 2.24) is 0 Å². The van der Waals surface area contributed by atoms with Gasteiger partial charge in [-0.15, -0.1) is 6.58 Å². The largest absolute Gasteiger partial charge is 0.419 e. The van der Waals surface area contributed by atoms with Crippen molar-refractivity contribution in [2.75, 3.05) is 0 Å². The third-order valence-corrected chi connectivity index (χ3v) is 3.48. The van der Waals surface area contributed by atoms with Gasteiger partial charge in [-0.05, 0) is 12.3 Å². The molecular weight excluding hydrogens is 152 g/mol. The monoisotopic (exact) mass is 172 g/mol. The number of hydrogen-bond donors (Lipinski definition) is 0. The minimum absolute atomic E-state index is 0.0407. The Morgan fingerprint density at radius 1 is 1.64 bits per heavy atom. The fourth-order valence-corrected chi connectivity index (χ4v) is 2.33. The molecule has 0 amide bonds. The van der Waals surface area contributed by atoms with Gasteiger partial charge in [0.25, 0.3) is 0 Å². The van der Waals surface area contributed by atoms with E-state index in [1.807, 2.05) is 6.08 Å². The van der Waals surface area contributed by atoms with Gasteiger partial charge < -0.3 is 4.43 Å². The molecule has 0 bridgehead atoms. The van der Waals surface area contributed by atoms with Gasteiger partial charge in [-0.3, -0.25) is 0 Å². The molecule has 0 N–H and O–H groups in total. The fourth-order valence-electron chi connectivity index (χ4n) is 1.47. The molecule has 0 aromatic carbocycles. The zero-order valence-electron chi connectivity index (χ0n) is 8.18. The van der Waals surface area contributed by atoms with Crippen molar-refractivity contribution in [2.24, 2.45) is 5.92 Å². The summed E-state index contributed by atoms with van der Waals surface area (Å²) in [6.45, 7) is 10.4. The van der Waals surface area contributed by atoms with Crippen LogP contribution < -0.4 is 0 Å². The predicted molar refractivity (Wildman–Crippen MR) is 53.7 cm³/mol.